The van der Waals surface area contributed by atoms with Crippen LogP contribution in [0.3, 0.4) is 0 Å². The number of nitro groups is 1. The van der Waals surface area contributed by atoms with Gasteiger partial charge in [0.05, 0.1) is 11.5 Å². The molecule has 106 valence electrons. The van der Waals surface area contributed by atoms with Crippen molar-refractivity contribution in [2.24, 2.45) is 0 Å². The van der Waals surface area contributed by atoms with E-state index in [2.05, 4.69) is 5.32 Å². The van der Waals surface area contributed by atoms with Crippen molar-refractivity contribution in [3.8, 4) is 0 Å². The number of hydrogen-bond donors (Lipinski definition) is 2. The molecule has 2 unspecified atom stereocenters. The van der Waals surface area contributed by atoms with E-state index in [0.717, 1.165) is 18.2 Å². The average Bonchev–Trinajstić information content (AvgIpc) is 2.37. The molecule has 2 atom stereocenters. The Bertz CT molecular complexity index is 441. The highest BCUT2D eigenvalue weighted by Crippen LogP contribution is 2.20. The van der Waals surface area contributed by atoms with Crippen molar-refractivity contribution in [2.45, 2.75) is 24.8 Å². The van der Waals surface area contributed by atoms with Crippen molar-refractivity contribution in [1.82, 2.24) is 5.32 Å². The number of rotatable bonds is 7. The highest BCUT2D eigenvalue weighted by molar-refractivity contribution is 7.99. The minimum Gasteiger partial charge on any atom is -0.395 e. The lowest BCUT2D eigenvalue weighted by atomic mass is 10.1. The summed E-state index contributed by atoms with van der Waals surface area (Å²) in [7, 11) is 0. The zero-order valence-electron chi connectivity index (χ0n) is 10.8. The van der Waals surface area contributed by atoms with Crippen LogP contribution in [0, 0.1) is 15.9 Å². The van der Waals surface area contributed by atoms with Gasteiger partial charge in [-0.1, -0.05) is 0 Å². The molecule has 1 aromatic carbocycles. The summed E-state index contributed by atoms with van der Waals surface area (Å²) in [6.07, 6.45) is 1.88. The monoisotopic (exact) mass is 288 g/mol. The van der Waals surface area contributed by atoms with E-state index >= 15 is 0 Å². The molecule has 0 amide bonds. The van der Waals surface area contributed by atoms with Crippen molar-refractivity contribution < 1.29 is 14.4 Å². The van der Waals surface area contributed by atoms with E-state index in [1.807, 2.05) is 13.2 Å². The van der Waals surface area contributed by atoms with Gasteiger partial charge in [0, 0.05) is 29.5 Å². The zero-order valence-corrected chi connectivity index (χ0v) is 11.6. The first-order valence-corrected chi connectivity index (χ1v) is 7.08. The van der Waals surface area contributed by atoms with Gasteiger partial charge in [-0.3, -0.25) is 10.1 Å². The minimum absolute atomic E-state index is 0.00684. The van der Waals surface area contributed by atoms with E-state index in [4.69, 9.17) is 5.11 Å². The molecular weight excluding hydrogens is 271 g/mol. The Morgan fingerprint density at radius 3 is 2.79 bits per heavy atom. The number of nitrogens with one attached hydrogen (secondary N) is 1. The van der Waals surface area contributed by atoms with Crippen LogP contribution in [0.1, 0.15) is 12.5 Å². The summed E-state index contributed by atoms with van der Waals surface area (Å²) in [6, 6.07) is 3.35. The van der Waals surface area contributed by atoms with Gasteiger partial charge in [0.25, 0.3) is 5.69 Å². The number of thioether (sulfide) groups is 1. The summed E-state index contributed by atoms with van der Waals surface area (Å²) in [6.45, 7) is 2.08. The highest BCUT2D eigenvalue weighted by Gasteiger charge is 2.18. The molecule has 5 nitrogen and oxygen atoms in total. The second-order valence-electron chi connectivity index (χ2n) is 4.16. The third-order valence-electron chi connectivity index (χ3n) is 2.89. The maximum atomic E-state index is 13.1. The quantitative estimate of drug-likeness (QED) is 0.592. The first kappa shape index (κ1) is 15.9. The Hall–Kier alpha value is -1.18. The van der Waals surface area contributed by atoms with Gasteiger partial charge in [0.1, 0.15) is 5.82 Å². The molecule has 1 aromatic rings. The van der Waals surface area contributed by atoms with Gasteiger partial charge in [-0.2, -0.15) is 11.8 Å². The fourth-order valence-corrected chi connectivity index (χ4v) is 2.37. The SMILES string of the molecule is CSC(CO)C(C)NCc1cc(F)ccc1[N+](=O)[O-]. The molecule has 0 aliphatic carbocycles. The molecule has 0 spiro atoms. The molecule has 0 aliphatic heterocycles. The summed E-state index contributed by atoms with van der Waals surface area (Å²) in [5.74, 6) is -0.501. The lowest BCUT2D eigenvalue weighted by Gasteiger charge is -2.21. The van der Waals surface area contributed by atoms with Crippen molar-refractivity contribution in [2.75, 3.05) is 12.9 Å². The van der Waals surface area contributed by atoms with Gasteiger partial charge < -0.3 is 10.4 Å². The molecule has 0 radical (unpaired) electrons. The van der Waals surface area contributed by atoms with Gasteiger partial charge in [0.2, 0.25) is 0 Å². The maximum absolute atomic E-state index is 13.1. The van der Waals surface area contributed by atoms with Crippen molar-refractivity contribution in [1.29, 1.82) is 0 Å². The molecule has 0 bridgehead atoms. The van der Waals surface area contributed by atoms with Gasteiger partial charge >= 0.3 is 0 Å². The molecule has 0 fully saturated rings. The van der Waals surface area contributed by atoms with Crippen LogP contribution >= 0.6 is 11.8 Å². The fourth-order valence-electron chi connectivity index (χ4n) is 1.71. The molecule has 19 heavy (non-hydrogen) atoms. The molecule has 0 aromatic heterocycles. The van der Waals surface area contributed by atoms with Crippen LogP contribution in [-0.4, -0.2) is 34.2 Å². The van der Waals surface area contributed by atoms with Gasteiger partial charge in [-0.05, 0) is 25.3 Å². The Balaban J connectivity index is 2.76. The van der Waals surface area contributed by atoms with E-state index in [9.17, 15) is 14.5 Å². The number of benzene rings is 1. The van der Waals surface area contributed by atoms with E-state index < -0.39 is 10.7 Å². The molecule has 2 N–H and O–H groups in total. The summed E-state index contributed by atoms with van der Waals surface area (Å²) in [4.78, 5) is 10.3. The molecule has 1 rings (SSSR count). The van der Waals surface area contributed by atoms with Crippen LogP contribution < -0.4 is 5.32 Å². The predicted octanol–water partition coefficient (Wildman–Crippen LogP) is 1.94. The third-order valence-corrected chi connectivity index (χ3v) is 4.06. The summed E-state index contributed by atoms with van der Waals surface area (Å²) in [5.41, 5.74) is 0.195. The standard InChI is InChI=1S/C12H17FN2O3S/c1-8(12(7-16)19-2)14-6-9-5-10(13)3-4-11(9)15(17)18/h3-5,8,12,14,16H,6-7H2,1-2H3. The van der Waals surface area contributed by atoms with Gasteiger partial charge in [0.15, 0.2) is 0 Å². The Morgan fingerprint density at radius 2 is 2.26 bits per heavy atom. The first-order chi connectivity index (χ1) is 8.99. The third kappa shape index (κ3) is 4.45. The molecule has 0 heterocycles. The molecule has 7 heteroatoms. The van der Waals surface area contributed by atoms with Crippen LogP contribution in [0.4, 0.5) is 10.1 Å². The second kappa shape index (κ2) is 7.42. The zero-order chi connectivity index (χ0) is 14.4. The molecule has 0 saturated heterocycles. The largest absolute Gasteiger partial charge is 0.395 e. The fraction of sp³-hybridized carbons (Fsp3) is 0.500. The maximum Gasteiger partial charge on any atom is 0.274 e. The lowest BCUT2D eigenvalue weighted by molar-refractivity contribution is -0.385. The average molecular weight is 288 g/mol. The van der Waals surface area contributed by atoms with Crippen LogP contribution in [0.2, 0.25) is 0 Å². The molecular formula is C12H17FN2O3S. The number of halogens is 1. The highest BCUT2D eigenvalue weighted by atomic mass is 32.2. The Kier molecular flexibility index (Phi) is 6.20. The molecule has 0 aliphatic rings. The van der Waals surface area contributed by atoms with E-state index in [1.54, 1.807) is 0 Å². The summed E-state index contributed by atoms with van der Waals surface area (Å²) >= 11 is 1.51. The first-order valence-electron chi connectivity index (χ1n) is 5.79. The molecule has 0 saturated carbocycles. The number of aliphatic hydroxyl groups is 1. The smallest absolute Gasteiger partial charge is 0.274 e. The van der Waals surface area contributed by atoms with Crippen molar-refractivity contribution in [3.63, 3.8) is 0 Å². The second-order valence-corrected chi connectivity index (χ2v) is 5.23. The van der Waals surface area contributed by atoms with Crippen molar-refractivity contribution in [3.05, 3.63) is 39.7 Å². The lowest BCUT2D eigenvalue weighted by Crippen LogP contribution is -2.37. The van der Waals surface area contributed by atoms with Gasteiger partial charge in [-0.25, -0.2) is 4.39 Å². The minimum atomic E-state index is -0.529. The summed E-state index contributed by atoms with van der Waals surface area (Å²) < 4.78 is 13.1. The summed E-state index contributed by atoms with van der Waals surface area (Å²) in [5, 5.41) is 23.1. The van der Waals surface area contributed by atoms with Crippen LogP contribution in [0.25, 0.3) is 0 Å². The Labute approximate surface area is 115 Å². The van der Waals surface area contributed by atoms with Crippen LogP contribution in [0.15, 0.2) is 18.2 Å². The normalized spacial score (nSPS) is 14.1. The number of hydrogen-bond acceptors (Lipinski definition) is 5. The van der Waals surface area contributed by atoms with Crippen LogP contribution in [0.5, 0.6) is 0 Å². The topological polar surface area (TPSA) is 75.4 Å². The van der Waals surface area contributed by atoms with E-state index in [1.165, 1.54) is 11.8 Å². The van der Waals surface area contributed by atoms with Crippen molar-refractivity contribution >= 4 is 17.4 Å². The van der Waals surface area contributed by atoms with E-state index in [0.29, 0.717) is 5.56 Å². The predicted molar refractivity (Wildman–Crippen MR) is 73.7 cm³/mol. The van der Waals surface area contributed by atoms with Gasteiger partial charge in [-0.15, -0.1) is 0 Å². The number of nitro benzene ring substituents is 1. The van der Waals surface area contributed by atoms with E-state index in [-0.39, 0.29) is 30.1 Å². The number of nitrogens with zero attached hydrogens (tertiary/aromatic N) is 1. The number of aliphatic hydroxyl groups excluding tert-OH is 1. The van der Waals surface area contributed by atoms with Crippen LogP contribution in [-0.2, 0) is 6.54 Å². The Morgan fingerprint density at radius 1 is 1.58 bits per heavy atom.